The quantitative estimate of drug-likeness (QED) is 0.450. The number of amidine groups is 2. The first-order chi connectivity index (χ1) is 12.1. The number of hydrogen-bond donors (Lipinski definition) is 2. The van der Waals surface area contributed by atoms with Gasteiger partial charge in [0, 0.05) is 38.4 Å². The highest BCUT2D eigenvalue weighted by Gasteiger charge is 2.12. The monoisotopic (exact) mass is 344 g/mol. The lowest BCUT2D eigenvalue weighted by molar-refractivity contribution is 0.272. The van der Waals surface area contributed by atoms with Crippen LogP contribution >= 0.6 is 0 Å². The molecule has 2 rings (SSSR count). The third-order valence-corrected chi connectivity index (χ3v) is 4.05. The third-order valence-electron chi connectivity index (χ3n) is 4.05. The zero-order chi connectivity index (χ0) is 17.9. The van der Waals surface area contributed by atoms with E-state index in [9.17, 15) is 0 Å². The fraction of sp³-hybridized carbons (Fsp3) is 0.579. The van der Waals surface area contributed by atoms with E-state index in [-0.39, 0.29) is 0 Å². The van der Waals surface area contributed by atoms with Crippen molar-refractivity contribution in [2.75, 3.05) is 65.2 Å². The second kappa shape index (κ2) is 11.0. The lowest BCUT2D eigenvalue weighted by Crippen LogP contribution is -2.46. The number of benzene rings is 1. The van der Waals surface area contributed by atoms with Crippen molar-refractivity contribution in [2.24, 2.45) is 9.98 Å². The molecule has 0 radical (unpaired) electrons. The molecular weight excluding hydrogens is 312 g/mol. The van der Waals surface area contributed by atoms with Gasteiger partial charge in [-0.15, -0.1) is 0 Å². The van der Waals surface area contributed by atoms with Crippen molar-refractivity contribution >= 4 is 17.4 Å². The molecule has 1 aromatic rings. The minimum Gasteiger partial charge on any atom is -0.343 e. The number of hydrogen-bond acceptors (Lipinski definition) is 4. The molecule has 0 spiro atoms. The summed E-state index contributed by atoms with van der Waals surface area (Å²) in [6.45, 7) is 8.85. The Bertz CT molecular complexity index is 546. The molecule has 0 amide bonds. The summed E-state index contributed by atoms with van der Waals surface area (Å²) >= 11 is 0. The van der Waals surface area contributed by atoms with E-state index < -0.39 is 0 Å². The molecule has 0 aromatic heterocycles. The molecule has 1 aliphatic rings. The molecule has 0 aliphatic carbocycles. The van der Waals surface area contributed by atoms with Crippen LogP contribution in [0.5, 0.6) is 0 Å². The van der Waals surface area contributed by atoms with Crippen molar-refractivity contribution < 1.29 is 0 Å². The van der Waals surface area contributed by atoms with Crippen molar-refractivity contribution in [3.8, 4) is 0 Å². The lowest BCUT2D eigenvalue weighted by atomic mass is 10.3. The van der Waals surface area contributed by atoms with Gasteiger partial charge in [0.25, 0.3) is 0 Å². The molecule has 1 saturated heterocycles. The molecule has 0 saturated carbocycles. The number of rotatable bonds is 7. The summed E-state index contributed by atoms with van der Waals surface area (Å²) in [6.07, 6.45) is 1.05. The number of piperazine rings is 1. The van der Waals surface area contributed by atoms with E-state index in [1.54, 1.807) is 0 Å². The molecule has 1 aliphatic heterocycles. The first kappa shape index (κ1) is 19.6. The largest absolute Gasteiger partial charge is 0.343 e. The van der Waals surface area contributed by atoms with Crippen LogP contribution in [0, 0.1) is 0 Å². The number of para-hydroxylation sites is 1. The highest BCUT2D eigenvalue weighted by molar-refractivity contribution is 6.04. The number of nitrogens with one attached hydrogen (secondary N) is 2. The Morgan fingerprint density at radius 2 is 1.92 bits per heavy atom. The fourth-order valence-corrected chi connectivity index (χ4v) is 2.73. The smallest absolute Gasteiger partial charge is 0.122 e. The molecule has 6 nitrogen and oxygen atoms in total. The predicted molar refractivity (Wildman–Crippen MR) is 108 cm³/mol. The van der Waals surface area contributed by atoms with E-state index in [1.165, 1.54) is 0 Å². The van der Waals surface area contributed by atoms with Gasteiger partial charge in [0.2, 0.25) is 0 Å². The average Bonchev–Trinajstić information content (AvgIpc) is 2.60. The number of nitrogens with zero attached hydrogens (tertiary/aromatic N) is 4. The summed E-state index contributed by atoms with van der Waals surface area (Å²) in [7, 11) is 4.17. The van der Waals surface area contributed by atoms with Gasteiger partial charge < -0.3 is 15.5 Å². The maximum Gasteiger partial charge on any atom is 0.122 e. The molecule has 1 heterocycles. The van der Waals surface area contributed by atoms with Gasteiger partial charge in [-0.3, -0.25) is 9.89 Å². The Balaban J connectivity index is 1.99. The van der Waals surface area contributed by atoms with E-state index in [4.69, 9.17) is 4.99 Å². The van der Waals surface area contributed by atoms with Gasteiger partial charge in [-0.05, 0) is 46.1 Å². The van der Waals surface area contributed by atoms with Gasteiger partial charge in [0.1, 0.15) is 11.7 Å². The van der Waals surface area contributed by atoms with Gasteiger partial charge in [-0.1, -0.05) is 18.2 Å². The molecule has 25 heavy (non-hydrogen) atoms. The van der Waals surface area contributed by atoms with Crippen LogP contribution < -0.4 is 10.6 Å². The van der Waals surface area contributed by atoms with Crippen LogP contribution in [0.15, 0.2) is 40.3 Å². The highest BCUT2D eigenvalue weighted by atomic mass is 15.2. The first-order valence-corrected chi connectivity index (χ1v) is 9.12. The van der Waals surface area contributed by atoms with Gasteiger partial charge in [-0.25, -0.2) is 4.99 Å². The Morgan fingerprint density at radius 3 is 2.60 bits per heavy atom. The summed E-state index contributed by atoms with van der Waals surface area (Å²) in [6, 6.07) is 10.2. The van der Waals surface area contributed by atoms with Crippen molar-refractivity contribution in [1.82, 2.24) is 15.1 Å². The zero-order valence-corrected chi connectivity index (χ0v) is 15.8. The average molecular weight is 345 g/mol. The van der Waals surface area contributed by atoms with Gasteiger partial charge in [0.05, 0.1) is 6.54 Å². The van der Waals surface area contributed by atoms with Crippen LogP contribution in [-0.4, -0.2) is 81.4 Å². The minimum atomic E-state index is 0.819. The first-order valence-electron chi connectivity index (χ1n) is 9.12. The normalized spacial score (nSPS) is 17.1. The van der Waals surface area contributed by atoms with E-state index >= 15 is 0 Å². The van der Waals surface area contributed by atoms with E-state index in [0.717, 1.165) is 69.6 Å². The molecule has 0 atom stereocenters. The molecular formula is C19H32N6. The lowest BCUT2D eigenvalue weighted by Gasteiger charge is -2.27. The molecule has 0 unspecified atom stereocenters. The van der Waals surface area contributed by atoms with E-state index in [2.05, 4.69) is 51.7 Å². The molecule has 6 heteroatoms. The molecule has 1 aromatic carbocycles. The summed E-state index contributed by atoms with van der Waals surface area (Å²) in [5.41, 5.74) is 1.07. The van der Waals surface area contributed by atoms with Gasteiger partial charge >= 0.3 is 0 Å². The predicted octanol–water partition coefficient (Wildman–Crippen LogP) is 1.77. The van der Waals surface area contributed by atoms with Gasteiger partial charge in [0.15, 0.2) is 0 Å². The topological polar surface area (TPSA) is 55.3 Å². The van der Waals surface area contributed by atoms with Crippen LogP contribution in [0.2, 0.25) is 0 Å². The van der Waals surface area contributed by atoms with Crippen LogP contribution in [0.1, 0.15) is 13.3 Å². The highest BCUT2D eigenvalue weighted by Crippen LogP contribution is 2.06. The summed E-state index contributed by atoms with van der Waals surface area (Å²) in [5.74, 6) is 1.80. The Kier molecular flexibility index (Phi) is 8.59. The van der Waals surface area contributed by atoms with Crippen molar-refractivity contribution in [3.63, 3.8) is 0 Å². The molecule has 2 N–H and O–H groups in total. The Hall–Kier alpha value is -1.76. The van der Waals surface area contributed by atoms with Crippen molar-refractivity contribution in [1.29, 1.82) is 0 Å². The summed E-state index contributed by atoms with van der Waals surface area (Å²) in [4.78, 5) is 14.0. The Labute approximate surface area is 152 Å². The number of aliphatic imine (C=N–C) groups is 2. The Morgan fingerprint density at radius 1 is 1.20 bits per heavy atom. The minimum absolute atomic E-state index is 0.819. The molecule has 0 bridgehead atoms. The van der Waals surface area contributed by atoms with Crippen LogP contribution in [0.3, 0.4) is 0 Å². The molecule has 138 valence electrons. The standard InChI is InChI=1S/C19H32N6/c1-17(21-10-7-13-24(2)3)22-19(16-25-14-11-20-12-15-25)23-18-8-5-4-6-9-18/h4-6,8-9,20H,7,10-16H2,1-3H3,(H,21,22,23). The van der Waals surface area contributed by atoms with Crippen LogP contribution in [-0.2, 0) is 0 Å². The fourth-order valence-electron chi connectivity index (χ4n) is 2.73. The number of anilines is 1. The summed E-state index contributed by atoms with van der Waals surface area (Å²) in [5, 5.41) is 6.86. The second-order valence-electron chi connectivity index (χ2n) is 6.66. The maximum atomic E-state index is 4.76. The summed E-state index contributed by atoms with van der Waals surface area (Å²) < 4.78 is 0. The molecule has 1 fully saturated rings. The van der Waals surface area contributed by atoms with E-state index in [1.807, 2.05) is 25.1 Å². The van der Waals surface area contributed by atoms with E-state index in [0.29, 0.717) is 0 Å². The van der Waals surface area contributed by atoms with Crippen LogP contribution in [0.4, 0.5) is 5.69 Å². The SMILES string of the molecule is CC(=NCCCN(C)C)N=C(CN1CCNCC1)Nc1ccccc1. The maximum absolute atomic E-state index is 4.76. The zero-order valence-electron chi connectivity index (χ0n) is 15.8. The van der Waals surface area contributed by atoms with Gasteiger partial charge in [-0.2, -0.15) is 0 Å². The third kappa shape index (κ3) is 8.25. The second-order valence-corrected chi connectivity index (χ2v) is 6.66. The van der Waals surface area contributed by atoms with Crippen LogP contribution in [0.25, 0.3) is 0 Å². The van der Waals surface area contributed by atoms with Crippen molar-refractivity contribution in [2.45, 2.75) is 13.3 Å². The van der Waals surface area contributed by atoms with Crippen molar-refractivity contribution in [3.05, 3.63) is 30.3 Å².